The Labute approximate surface area is 201 Å². The molecule has 0 saturated carbocycles. The Balaban J connectivity index is 1.50. The van der Waals surface area contributed by atoms with Crippen molar-refractivity contribution in [2.24, 2.45) is 0 Å². The Morgan fingerprint density at radius 2 is 1.53 bits per heavy atom. The van der Waals surface area contributed by atoms with Crippen LogP contribution in [0.15, 0.2) is 91.0 Å². The molecule has 3 aliphatic heterocycles. The summed E-state index contributed by atoms with van der Waals surface area (Å²) in [5, 5.41) is 2.70. The zero-order valence-corrected chi connectivity index (χ0v) is 20.1. The summed E-state index contributed by atoms with van der Waals surface area (Å²) in [5.74, 6) is 0.472. The van der Waals surface area contributed by atoms with Crippen molar-refractivity contribution >= 4 is 27.5 Å². The van der Waals surface area contributed by atoms with Crippen molar-refractivity contribution in [1.82, 2.24) is 4.57 Å². The summed E-state index contributed by atoms with van der Waals surface area (Å²) in [5.41, 5.74) is 9.83. The molecule has 0 amide bonds. The number of rotatable bonds is 2. The molecule has 3 unspecified atom stereocenters. The minimum atomic E-state index is 0.154. The van der Waals surface area contributed by atoms with Gasteiger partial charge in [-0.15, -0.1) is 0 Å². The van der Waals surface area contributed by atoms with E-state index in [0.29, 0.717) is 12.0 Å². The maximum Gasteiger partial charge on any atom is 0.0543 e. The first-order chi connectivity index (χ1) is 16.6. The zero-order chi connectivity index (χ0) is 23.0. The average Bonchev–Trinajstić information content (AvgIpc) is 3.18. The highest BCUT2D eigenvalue weighted by Crippen LogP contribution is 2.57. The second-order valence-corrected chi connectivity index (χ2v) is 10.5. The van der Waals surface area contributed by atoms with E-state index in [4.69, 9.17) is 0 Å². The molecule has 5 aromatic rings. The Morgan fingerprint density at radius 1 is 0.794 bits per heavy atom. The average molecular weight is 443 g/mol. The number of fused-ring (bicyclic) bond motifs is 5. The van der Waals surface area contributed by atoms with E-state index >= 15 is 0 Å². The number of anilines is 1. The van der Waals surface area contributed by atoms with Gasteiger partial charge in [0.15, 0.2) is 0 Å². The molecule has 0 radical (unpaired) electrons. The predicted octanol–water partition coefficient (Wildman–Crippen LogP) is 7.75. The lowest BCUT2D eigenvalue weighted by Gasteiger charge is -2.58. The summed E-state index contributed by atoms with van der Waals surface area (Å²) in [7, 11) is 0. The van der Waals surface area contributed by atoms with E-state index in [2.05, 4.69) is 121 Å². The summed E-state index contributed by atoms with van der Waals surface area (Å²) in [6.45, 7) is 8.43. The number of piperidine rings is 1. The summed E-state index contributed by atoms with van der Waals surface area (Å²) < 4.78 is 2.43. The molecule has 1 fully saturated rings. The summed E-state index contributed by atoms with van der Waals surface area (Å²) in [6.07, 6.45) is 1.21. The fourth-order valence-electron chi connectivity index (χ4n) is 7.20. The van der Waals surface area contributed by atoms with Crippen molar-refractivity contribution in [2.45, 2.75) is 44.6 Å². The largest absolute Gasteiger partial charge is 0.368 e. The van der Waals surface area contributed by atoms with Gasteiger partial charge in [-0.05, 0) is 73.4 Å². The first kappa shape index (κ1) is 19.9. The molecule has 0 aliphatic carbocycles. The third kappa shape index (κ3) is 2.51. The number of aryl methyl sites for hydroxylation is 1. The fraction of sp³-hybridized carbons (Fsp3) is 0.250. The van der Waals surface area contributed by atoms with Gasteiger partial charge in [-0.2, -0.15) is 0 Å². The van der Waals surface area contributed by atoms with Crippen LogP contribution < -0.4 is 4.90 Å². The maximum absolute atomic E-state index is 2.65. The van der Waals surface area contributed by atoms with Crippen molar-refractivity contribution in [3.63, 3.8) is 0 Å². The van der Waals surface area contributed by atoms with Crippen LogP contribution in [0, 0.1) is 6.92 Å². The molecule has 3 atom stereocenters. The molecule has 4 heterocycles. The lowest BCUT2D eigenvalue weighted by atomic mass is 9.58. The van der Waals surface area contributed by atoms with Gasteiger partial charge in [-0.1, -0.05) is 61.5 Å². The van der Waals surface area contributed by atoms with Gasteiger partial charge >= 0.3 is 0 Å². The zero-order valence-electron chi connectivity index (χ0n) is 20.1. The summed E-state index contributed by atoms with van der Waals surface area (Å²) in [6, 6.07) is 34.2. The third-order valence-corrected chi connectivity index (χ3v) is 8.77. The van der Waals surface area contributed by atoms with E-state index < -0.39 is 0 Å². The van der Waals surface area contributed by atoms with E-state index in [1.807, 2.05) is 0 Å². The van der Waals surface area contributed by atoms with Gasteiger partial charge in [0, 0.05) is 46.1 Å². The van der Waals surface area contributed by atoms with Crippen LogP contribution in [0.5, 0.6) is 0 Å². The Bertz CT molecular complexity index is 1560. The molecule has 4 aromatic carbocycles. The van der Waals surface area contributed by atoms with Crippen molar-refractivity contribution in [1.29, 1.82) is 0 Å². The van der Waals surface area contributed by atoms with Crippen LogP contribution in [0.25, 0.3) is 27.5 Å². The molecule has 3 aliphatic rings. The van der Waals surface area contributed by atoms with Gasteiger partial charge in [-0.3, -0.25) is 0 Å². The molecular formula is C32H30N2. The molecule has 168 valence electrons. The Morgan fingerprint density at radius 3 is 2.38 bits per heavy atom. The monoisotopic (exact) mass is 442 g/mol. The number of nitrogens with zero attached hydrogens (tertiary/aromatic N) is 2. The van der Waals surface area contributed by atoms with E-state index in [9.17, 15) is 0 Å². The molecule has 0 N–H and O–H groups in total. The van der Waals surface area contributed by atoms with Crippen molar-refractivity contribution in [3.8, 4) is 5.69 Å². The van der Waals surface area contributed by atoms with Crippen LogP contribution in [-0.2, 0) is 5.41 Å². The molecule has 0 spiro atoms. The quantitative estimate of drug-likeness (QED) is 0.271. The van der Waals surface area contributed by atoms with E-state index in [-0.39, 0.29) is 5.41 Å². The molecule has 8 rings (SSSR count). The van der Waals surface area contributed by atoms with Gasteiger partial charge < -0.3 is 9.47 Å². The SMILES string of the molecule is Cc1cc2c(cc1C1C(C)N3CCC1(C)c1ccccc13)c1ccccc1n2-c1ccccc1. The molecule has 1 saturated heterocycles. The van der Waals surface area contributed by atoms with Crippen LogP contribution in [0.1, 0.15) is 42.9 Å². The Hall–Kier alpha value is -3.52. The fourth-order valence-corrected chi connectivity index (χ4v) is 7.20. The molecular weight excluding hydrogens is 412 g/mol. The van der Waals surface area contributed by atoms with Gasteiger partial charge in [-0.25, -0.2) is 0 Å². The van der Waals surface area contributed by atoms with Crippen LogP contribution in [0.3, 0.4) is 0 Å². The standard InChI is InChI=1S/C32H30N2/c1-21-19-30-26(24-13-7-9-15-28(24)34(30)23-11-5-4-6-12-23)20-25(21)31-22(2)33-18-17-32(31,3)27-14-8-10-16-29(27)33/h4-16,19-20,22,31H,17-18H2,1-3H3. The predicted molar refractivity (Wildman–Crippen MR) is 143 cm³/mol. The summed E-state index contributed by atoms with van der Waals surface area (Å²) >= 11 is 0. The highest BCUT2D eigenvalue weighted by Gasteiger charge is 2.51. The first-order valence-electron chi connectivity index (χ1n) is 12.5. The molecule has 2 bridgehead atoms. The lowest BCUT2D eigenvalue weighted by molar-refractivity contribution is 0.243. The Kier molecular flexibility index (Phi) is 4.09. The van der Waals surface area contributed by atoms with E-state index in [0.717, 1.165) is 6.54 Å². The van der Waals surface area contributed by atoms with E-state index in [1.165, 1.54) is 56.3 Å². The van der Waals surface area contributed by atoms with Crippen molar-refractivity contribution in [3.05, 3.63) is 108 Å². The maximum atomic E-state index is 2.65. The topological polar surface area (TPSA) is 8.17 Å². The number of aromatic nitrogens is 1. The minimum Gasteiger partial charge on any atom is -0.368 e. The smallest absolute Gasteiger partial charge is 0.0543 e. The van der Waals surface area contributed by atoms with Crippen LogP contribution in [0.2, 0.25) is 0 Å². The second-order valence-electron chi connectivity index (χ2n) is 10.5. The number of benzene rings is 4. The highest BCUT2D eigenvalue weighted by molar-refractivity contribution is 6.09. The number of para-hydroxylation sites is 3. The van der Waals surface area contributed by atoms with Gasteiger partial charge in [0.2, 0.25) is 0 Å². The van der Waals surface area contributed by atoms with Crippen molar-refractivity contribution in [2.75, 3.05) is 11.4 Å². The van der Waals surface area contributed by atoms with Gasteiger partial charge in [0.25, 0.3) is 0 Å². The summed E-state index contributed by atoms with van der Waals surface area (Å²) in [4.78, 5) is 2.65. The lowest BCUT2D eigenvalue weighted by Crippen LogP contribution is -2.57. The second kappa shape index (κ2) is 6.99. The van der Waals surface area contributed by atoms with Gasteiger partial charge in [0.05, 0.1) is 11.0 Å². The van der Waals surface area contributed by atoms with E-state index in [1.54, 1.807) is 0 Å². The highest BCUT2D eigenvalue weighted by atomic mass is 15.2. The van der Waals surface area contributed by atoms with Crippen LogP contribution in [0.4, 0.5) is 5.69 Å². The molecule has 34 heavy (non-hydrogen) atoms. The number of hydrogen-bond donors (Lipinski definition) is 0. The van der Waals surface area contributed by atoms with Crippen LogP contribution in [-0.4, -0.2) is 17.2 Å². The minimum absolute atomic E-state index is 0.154. The third-order valence-electron chi connectivity index (χ3n) is 8.77. The van der Waals surface area contributed by atoms with Crippen molar-refractivity contribution < 1.29 is 0 Å². The van der Waals surface area contributed by atoms with Crippen LogP contribution >= 0.6 is 0 Å². The molecule has 2 heteroatoms. The molecule has 2 nitrogen and oxygen atoms in total. The normalized spacial score (nSPS) is 23.6. The first-order valence-corrected chi connectivity index (χ1v) is 12.5. The van der Waals surface area contributed by atoms with Gasteiger partial charge in [0.1, 0.15) is 0 Å². The number of hydrogen-bond acceptors (Lipinski definition) is 1. The molecule has 1 aromatic heterocycles.